The number of unbranched alkanes of at least 4 members (excludes halogenated alkanes) is 13. The van der Waals surface area contributed by atoms with Crippen molar-refractivity contribution >= 4 is 39.5 Å². The van der Waals surface area contributed by atoms with Gasteiger partial charge in [0.1, 0.15) is 19.3 Å². The number of phosphoric ester groups is 2. The van der Waals surface area contributed by atoms with Crippen LogP contribution in [0.1, 0.15) is 272 Å². The maximum absolute atomic E-state index is 13.1. The molecule has 0 bridgehead atoms. The fraction of sp³-hybridized carbons (Fsp3) is 0.573. The van der Waals surface area contributed by atoms with Crippen molar-refractivity contribution in [2.45, 2.75) is 290 Å². The Kier molecular flexibility index (Phi) is 74.1. The van der Waals surface area contributed by atoms with E-state index < -0.39 is 97.5 Å². The molecule has 0 aliphatic rings. The Morgan fingerprint density at radius 3 is 0.824 bits per heavy atom. The Morgan fingerprint density at radius 1 is 0.269 bits per heavy atom. The van der Waals surface area contributed by atoms with Crippen molar-refractivity contribution in [2.24, 2.45) is 0 Å². The smallest absolute Gasteiger partial charge is 0.462 e. The summed E-state index contributed by atoms with van der Waals surface area (Å²) in [4.78, 5) is 73.0. The summed E-state index contributed by atoms with van der Waals surface area (Å²) >= 11 is 0. The van der Waals surface area contributed by atoms with E-state index in [9.17, 15) is 43.2 Å². The molecule has 17 nitrogen and oxygen atoms in total. The van der Waals surface area contributed by atoms with E-state index in [1.165, 1.54) is 6.42 Å². The molecular formula is C89H140O17P2. The fourth-order valence-corrected chi connectivity index (χ4v) is 11.3. The first-order valence-corrected chi connectivity index (χ1v) is 43.3. The molecule has 108 heavy (non-hydrogen) atoms. The molecule has 0 aromatic rings. The molecule has 0 saturated carbocycles. The minimum Gasteiger partial charge on any atom is -0.462 e. The second-order valence-electron chi connectivity index (χ2n) is 25.9. The zero-order chi connectivity index (χ0) is 78.9. The zero-order valence-electron chi connectivity index (χ0n) is 66.4. The predicted molar refractivity (Wildman–Crippen MR) is 445 cm³/mol. The minimum absolute atomic E-state index is 0.0114. The van der Waals surface area contributed by atoms with Crippen LogP contribution in [-0.4, -0.2) is 96.7 Å². The van der Waals surface area contributed by atoms with E-state index >= 15 is 0 Å². The van der Waals surface area contributed by atoms with E-state index in [-0.39, 0.29) is 25.7 Å². The van der Waals surface area contributed by atoms with Crippen molar-refractivity contribution in [1.82, 2.24) is 0 Å². The van der Waals surface area contributed by atoms with Crippen LogP contribution in [0.2, 0.25) is 0 Å². The molecule has 3 N–H and O–H groups in total. The van der Waals surface area contributed by atoms with E-state index in [2.05, 4.69) is 198 Å². The maximum atomic E-state index is 13.1. The summed E-state index contributed by atoms with van der Waals surface area (Å²) in [7, 11) is -10.0. The SMILES string of the molecule is CC/C=C\C/C=C\C/C=C\C/C=C\C/C=C\C/C=C\CCC(=O)OCC(COP(=O)(O)OCC(O)COP(=O)(O)OCC(COC(=O)CCCCCCCC/C=C\C/C=C\C/C=C\C/C=C\CC)OC(=O)CCCCCCC/C=C\CCCC)OC(=O)CC/C=C\C/C=C\C/C=C\C/C=C\C/C=C\C/C=C\CC. The van der Waals surface area contributed by atoms with Gasteiger partial charge in [-0.05, 0) is 161 Å². The molecular weight excluding hydrogens is 1400 g/mol. The highest BCUT2D eigenvalue weighted by Crippen LogP contribution is 2.45. The lowest BCUT2D eigenvalue weighted by Crippen LogP contribution is -2.30. The molecule has 19 heteroatoms. The van der Waals surface area contributed by atoms with Gasteiger partial charge in [-0.25, -0.2) is 9.13 Å². The number of rotatable bonds is 73. The van der Waals surface area contributed by atoms with Crippen molar-refractivity contribution in [3.63, 3.8) is 0 Å². The van der Waals surface area contributed by atoms with Crippen LogP contribution >= 0.6 is 15.6 Å². The largest absolute Gasteiger partial charge is 0.472 e. The van der Waals surface area contributed by atoms with Crippen LogP contribution in [0.3, 0.4) is 0 Å². The second-order valence-corrected chi connectivity index (χ2v) is 28.8. The van der Waals surface area contributed by atoms with Gasteiger partial charge in [0.15, 0.2) is 12.2 Å². The lowest BCUT2D eigenvalue weighted by atomic mass is 10.1. The lowest BCUT2D eigenvalue weighted by Gasteiger charge is -2.21. The molecule has 0 aliphatic heterocycles. The highest BCUT2D eigenvalue weighted by atomic mass is 31.2. The Balaban J connectivity index is 5.51. The summed E-state index contributed by atoms with van der Waals surface area (Å²) in [6.45, 7) is 4.26. The van der Waals surface area contributed by atoms with Gasteiger partial charge in [-0.15, -0.1) is 0 Å². The van der Waals surface area contributed by atoms with Crippen molar-refractivity contribution in [2.75, 3.05) is 39.6 Å². The molecule has 0 amide bonds. The van der Waals surface area contributed by atoms with Crippen molar-refractivity contribution in [3.8, 4) is 0 Å². The molecule has 0 saturated heterocycles. The first-order chi connectivity index (χ1) is 52.7. The summed E-state index contributed by atoms with van der Waals surface area (Å²) in [6.07, 6.45) is 98.4. The highest BCUT2D eigenvalue weighted by molar-refractivity contribution is 7.47. The molecule has 0 spiro atoms. The minimum atomic E-state index is -5.03. The molecule has 0 heterocycles. The number of carbonyl (C=O) groups is 4. The fourth-order valence-electron chi connectivity index (χ4n) is 9.71. The van der Waals surface area contributed by atoms with Crippen molar-refractivity contribution in [3.05, 3.63) is 207 Å². The van der Waals surface area contributed by atoms with E-state index in [1.54, 1.807) is 0 Å². The van der Waals surface area contributed by atoms with Crippen LogP contribution in [-0.2, 0) is 65.4 Å². The van der Waals surface area contributed by atoms with Gasteiger partial charge >= 0.3 is 39.5 Å². The molecule has 608 valence electrons. The number of hydrogen-bond donors (Lipinski definition) is 3. The summed E-state index contributed by atoms with van der Waals surface area (Å²) in [5.41, 5.74) is 0. The molecule has 5 atom stereocenters. The number of carbonyl (C=O) groups excluding carboxylic acids is 4. The zero-order valence-corrected chi connectivity index (χ0v) is 68.2. The number of ether oxygens (including phenoxy) is 4. The summed E-state index contributed by atoms with van der Waals surface area (Å²) in [5.74, 6) is -2.42. The van der Waals surface area contributed by atoms with E-state index in [1.807, 2.05) is 36.5 Å². The standard InChI is InChI=1S/C89H140O17P2/c1-5-9-13-17-21-25-29-32-35-38-41-44-47-50-54-57-61-65-69-73-86(91)99-79-84(105-88(93)75-71-67-63-59-53-28-24-20-16-12-8-4)81-103-107(95,96)101-77-83(90)78-102-108(97,98)104-82-85(106-89(94)76-72-68-64-60-56-52-49-46-43-40-37-34-31-27-23-19-15-11-7-3)80-100-87(92)74-70-66-62-58-55-51-48-45-42-39-36-33-30-26-22-18-14-10-6-2/h9-11,13-15,20-27,32-37,41-46,51-52,55-56,62,64,66,68,83-85,90H,5-8,12,16-19,28-31,38-40,47-50,53-54,57-61,63,65,67,69-82H2,1-4H3,(H,95,96)(H,97,98)/b13-9-,14-10-,15-11-,24-20-,25-21-,26-22-,27-23-,35-32-,36-33-,37-34-,44-41-,45-42-,46-43-,55-51-,56-52-,66-62-,68-64-. The topological polar surface area (TPSA) is 237 Å². The molecule has 5 unspecified atom stereocenters. The quantitative estimate of drug-likeness (QED) is 0.0169. The van der Waals surface area contributed by atoms with Gasteiger partial charge in [-0.1, -0.05) is 292 Å². The number of esters is 4. The maximum Gasteiger partial charge on any atom is 0.472 e. The van der Waals surface area contributed by atoms with Gasteiger partial charge in [-0.2, -0.15) is 0 Å². The highest BCUT2D eigenvalue weighted by Gasteiger charge is 2.30. The van der Waals surface area contributed by atoms with Gasteiger partial charge in [-0.3, -0.25) is 37.3 Å². The Morgan fingerprint density at radius 2 is 0.500 bits per heavy atom. The van der Waals surface area contributed by atoms with Gasteiger partial charge in [0.05, 0.1) is 26.4 Å². The van der Waals surface area contributed by atoms with Gasteiger partial charge in [0, 0.05) is 25.7 Å². The summed E-state index contributed by atoms with van der Waals surface area (Å²) in [5, 5.41) is 10.6. The first kappa shape index (κ1) is 102. The van der Waals surface area contributed by atoms with Crippen LogP contribution in [0.15, 0.2) is 207 Å². The molecule has 0 aromatic carbocycles. The van der Waals surface area contributed by atoms with Crippen LogP contribution in [0.5, 0.6) is 0 Å². The van der Waals surface area contributed by atoms with Gasteiger partial charge in [0.25, 0.3) is 0 Å². The number of allylic oxidation sites excluding steroid dienone is 34. The third-order valence-corrected chi connectivity index (χ3v) is 17.7. The molecule has 0 rings (SSSR count). The number of aliphatic hydroxyl groups is 1. The van der Waals surface area contributed by atoms with E-state index in [4.69, 9.17) is 37.0 Å². The summed E-state index contributed by atoms with van der Waals surface area (Å²) < 4.78 is 68.4. The van der Waals surface area contributed by atoms with Crippen molar-refractivity contribution in [1.29, 1.82) is 0 Å². The monoisotopic (exact) mass is 1540 g/mol. The van der Waals surface area contributed by atoms with Gasteiger partial charge in [0.2, 0.25) is 0 Å². The van der Waals surface area contributed by atoms with Crippen molar-refractivity contribution < 1.29 is 80.2 Å². The Labute approximate surface area is 652 Å². The second kappa shape index (κ2) is 78.8. The average Bonchev–Trinajstić information content (AvgIpc) is 0.917. The van der Waals surface area contributed by atoms with Crippen LogP contribution in [0.25, 0.3) is 0 Å². The lowest BCUT2D eigenvalue weighted by molar-refractivity contribution is -0.161. The average molecular weight is 1540 g/mol. The van der Waals surface area contributed by atoms with Gasteiger partial charge < -0.3 is 33.8 Å². The van der Waals surface area contributed by atoms with Crippen LogP contribution in [0.4, 0.5) is 0 Å². The third kappa shape index (κ3) is 77.8. The molecule has 0 aliphatic carbocycles. The first-order valence-electron chi connectivity index (χ1n) is 40.3. The normalized spacial score (nSPS) is 14.9. The molecule has 0 fully saturated rings. The number of phosphoric acid groups is 2. The number of hydrogen-bond acceptors (Lipinski definition) is 15. The van der Waals surface area contributed by atoms with E-state index in [0.29, 0.717) is 38.5 Å². The molecule has 0 aromatic heterocycles. The summed E-state index contributed by atoms with van der Waals surface area (Å²) in [6, 6.07) is 0. The Hall–Kier alpha value is -6.36. The number of aliphatic hydroxyl groups excluding tert-OH is 1. The van der Waals surface area contributed by atoms with Crippen LogP contribution in [0, 0.1) is 0 Å². The predicted octanol–water partition coefficient (Wildman–Crippen LogP) is 23.9. The van der Waals surface area contributed by atoms with Crippen LogP contribution < -0.4 is 0 Å². The van der Waals surface area contributed by atoms with E-state index in [0.717, 1.165) is 173 Å². The molecule has 0 radical (unpaired) electrons. The Bertz CT molecular complexity index is 2860. The third-order valence-electron chi connectivity index (χ3n) is 15.8.